The quantitative estimate of drug-likeness (QED) is 0.847. The minimum atomic E-state index is -0.443. The third-order valence-electron chi connectivity index (χ3n) is 4.47. The summed E-state index contributed by atoms with van der Waals surface area (Å²) in [5.41, 5.74) is 1.07. The zero-order chi connectivity index (χ0) is 18.5. The zero-order valence-corrected chi connectivity index (χ0v) is 14.8. The highest BCUT2D eigenvalue weighted by atomic mass is 16.5. The van der Waals surface area contributed by atoms with Gasteiger partial charge in [0.2, 0.25) is 0 Å². The smallest absolute Gasteiger partial charge is 0.261 e. The number of methoxy groups -OCH3 is 2. The number of H-pyrrole nitrogens is 1. The van der Waals surface area contributed by atoms with E-state index in [0.29, 0.717) is 25.3 Å². The van der Waals surface area contributed by atoms with Crippen LogP contribution in [0.5, 0.6) is 5.75 Å². The first-order chi connectivity index (χ1) is 12.6. The molecule has 0 unspecified atom stereocenters. The monoisotopic (exact) mass is 358 g/mol. The molecule has 1 aromatic carbocycles. The maximum atomic E-state index is 12.5. The number of pyridine rings is 1. The third-order valence-corrected chi connectivity index (χ3v) is 4.47. The first kappa shape index (κ1) is 18.2. The largest absolute Gasteiger partial charge is 0.497 e. The van der Waals surface area contributed by atoms with Gasteiger partial charge in [0, 0.05) is 19.4 Å². The second-order valence-corrected chi connectivity index (χ2v) is 6.06. The van der Waals surface area contributed by atoms with E-state index in [1.165, 1.54) is 6.07 Å². The number of carbonyl (C=O) groups excluding carboxylic acids is 1. The van der Waals surface area contributed by atoms with Crippen molar-refractivity contribution >= 4 is 5.91 Å². The fraction of sp³-hybridized carbons (Fsp3) is 0.368. The molecule has 138 valence electrons. The Morgan fingerprint density at radius 3 is 2.62 bits per heavy atom. The van der Waals surface area contributed by atoms with Crippen molar-refractivity contribution in [3.05, 3.63) is 52.3 Å². The standard InChI is InChI=1S/C19H22N2O5/c1-24-13-5-3-12(4-6-13)15-8-7-14(18(22)20-15)19(23)21-16-11-26-10-9-17(16)25-2/h3-8,16-17H,9-11H2,1-2H3,(H,20,22)(H,21,23)/t16-,17-/m1/s1. The second-order valence-electron chi connectivity index (χ2n) is 6.06. The summed E-state index contributed by atoms with van der Waals surface area (Å²) in [5, 5.41) is 2.83. The molecule has 0 bridgehead atoms. The third kappa shape index (κ3) is 3.95. The van der Waals surface area contributed by atoms with E-state index in [-0.39, 0.29) is 17.7 Å². The van der Waals surface area contributed by atoms with E-state index in [4.69, 9.17) is 14.2 Å². The Morgan fingerprint density at radius 2 is 1.96 bits per heavy atom. The summed E-state index contributed by atoms with van der Waals surface area (Å²) in [6.07, 6.45) is 0.583. The number of hydrogen-bond acceptors (Lipinski definition) is 5. The molecule has 7 heteroatoms. The van der Waals surface area contributed by atoms with Gasteiger partial charge in [-0.05, 0) is 48.4 Å². The van der Waals surface area contributed by atoms with Gasteiger partial charge in [0.25, 0.3) is 11.5 Å². The van der Waals surface area contributed by atoms with Crippen molar-refractivity contribution in [1.82, 2.24) is 10.3 Å². The molecule has 2 atom stereocenters. The molecule has 26 heavy (non-hydrogen) atoms. The highest BCUT2D eigenvalue weighted by Crippen LogP contribution is 2.20. The van der Waals surface area contributed by atoms with Gasteiger partial charge in [0.1, 0.15) is 11.3 Å². The number of rotatable bonds is 5. The van der Waals surface area contributed by atoms with E-state index >= 15 is 0 Å². The van der Waals surface area contributed by atoms with Crippen LogP contribution < -0.4 is 15.6 Å². The number of carbonyl (C=O) groups is 1. The van der Waals surface area contributed by atoms with Gasteiger partial charge in [-0.1, -0.05) is 0 Å². The molecule has 1 amide bonds. The van der Waals surface area contributed by atoms with Crippen LogP contribution in [0, 0.1) is 0 Å². The van der Waals surface area contributed by atoms with Crippen LogP contribution in [-0.4, -0.2) is 50.5 Å². The normalized spacial score (nSPS) is 19.8. The van der Waals surface area contributed by atoms with Crippen LogP contribution in [0.2, 0.25) is 0 Å². The molecular weight excluding hydrogens is 336 g/mol. The van der Waals surface area contributed by atoms with Crippen LogP contribution in [0.1, 0.15) is 16.8 Å². The van der Waals surface area contributed by atoms with Crippen LogP contribution in [0.3, 0.4) is 0 Å². The molecule has 1 aliphatic rings. The second kappa shape index (κ2) is 8.16. The molecule has 2 N–H and O–H groups in total. The lowest BCUT2D eigenvalue weighted by Gasteiger charge is -2.30. The van der Waals surface area contributed by atoms with Crippen molar-refractivity contribution in [2.75, 3.05) is 27.4 Å². The first-order valence-electron chi connectivity index (χ1n) is 8.41. The first-order valence-corrected chi connectivity index (χ1v) is 8.41. The molecule has 7 nitrogen and oxygen atoms in total. The van der Waals surface area contributed by atoms with Gasteiger partial charge in [-0.25, -0.2) is 0 Å². The van der Waals surface area contributed by atoms with Crippen LogP contribution in [-0.2, 0) is 9.47 Å². The number of nitrogens with one attached hydrogen (secondary N) is 2. The SMILES string of the molecule is COc1ccc(-c2ccc(C(=O)N[C@@H]3COCC[C@H]3OC)c(=O)[nH]2)cc1. The lowest BCUT2D eigenvalue weighted by molar-refractivity contribution is -0.0349. The van der Waals surface area contributed by atoms with E-state index in [9.17, 15) is 9.59 Å². The number of ether oxygens (including phenoxy) is 3. The molecule has 0 saturated carbocycles. The summed E-state index contributed by atoms with van der Waals surface area (Å²) in [5.74, 6) is 0.291. The molecule has 2 heterocycles. The molecule has 0 aliphatic carbocycles. The van der Waals surface area contributed by atoms with E-state index in [2.05, 4.69) is 10.3 Å². The summed E-state index contributed by atoms with van der Waals surface area (Å²) < 4.78 is 15.9. The van der Waals surface area contributed by atoms with Gasteiger partial charge in [-0.3, -0.25) is 9.59 Å². The number of hydrogen-bond donors (Lipinski definition) is 2. The predicted molar refractivity (Wildman–Crippen MR) is 96.5 cm³/mol. The van der Waals surface area contributed by atoms with Crippen molar-refractivity contribution in [2.24, 2.45) is 0 Å². The summed E-state index contributed by atoms with van der Waals surface area (Å²) in [7, 11) is 3.20. The Hall–Kier alpha value is -2.64. The Kier molecular flexibility index (Phi) is 5.70. The summed E-state index contributed by atoms with van der Waals surface area (Å²) in [6.45, 7) is 0.966. The molecule has 1 saturated heterocycles. The fourth-order valence-electron chi connectivity index (χ4n) is 2.97. The molecule has 1 aromatic heterocycles. The highest BCUT2D eigenvalue weighted by Gasteiger charge is 2.28. The lowest BCUT2D eigenvalue weighted by atomic mass is 10.1. The van der Waals surface area contributed by atoms with Crippen LogP contribution in [0.25, 0.3) is 11.3 Å². The van der Waals surface area contributed by atoms with E-state index in [1.807, 2.05) is 24.3 Å². The van der Waals surface area contributed by atoms with Gasteiger partial charge in [-0.2, -0.15) is 0 Å². The molecule has 3 rings (SSSR count). The minimum absolute atomic E-state index is 0.0580. The van der Waals surface area contributed by atoms with Gasteiger partial charge in [0.05, 0.1) is 25.9 Å². The molecule has 0 spiro atoms. The average Bonchev–Trinajstić information content (AvgIpc) is 2.68. The van der Waals surface area contributed by atoms with Gasteiger partial charge >= 0.3 is 0 Å². The van der Waals surface area contributed by atoms with Crippen molar-refractivity contribution < 1.29 is 19.0 Å². The summed E-state index contributed by atoms with van der Waals surface area (Å²) >= 11 is 0. The maximum Gasteiger partial charge on any atom is 0.261 e. The lowest BCUT2D eigenvalue weighted by Crippen LogP contribution is -2.51. The van der Waals surface area contributed by atoms with Crippen molar-refractivity contribution in [2.45, 2.75) is 18.6 Å². The number of aromatic nitrogens is 1. The fourth-order valence-corrected chi connectivity index (χ4v) is 2.97. The molecule has 1 fully saturated rings. The molecule has 0 radical (unpaired) electrons. The van der Waals surface area contributed by atoms with Crippen LogP contribution in [0.15, 0.2) is 41.2 Å². The molecule has 2 aromatic rings. The van der Waals surface area contributed by atoms with Gasteiger partial charge in [-0.15, -0.1) is 0 Å². The number of aromatic amines is 1. The van der Waals surface area contributed by atoms with Gasteiger partial charge in [0.15, 0.2) is 0 Å². The molecule has 1 aliphatic heterocycles. The summed E-state index contributed by atoms with van der Waals surface area (Å²) in [4.78, 5) is 27.6. The zero-order valence-electron chi connectivity index (χ0n) is 14.8. The Balaban J connectivity index is 1.76. The predicted octanol–water partition coefficient (Wildman–Crippen LogP) is 1.58. The van der Waals surface area contributed by atoms with E-state index in [1.54, 1.807) is 20.3 Å². The Bertz CT molecular complexity index is 815. The van der Waals surface area contributed by atoms with E-state index in [0.717, 1.165) is 11.3 Å². The Labute approximate surface area is 151 Å². The molecular formula is C19H22N2O5. The van der Waals surface area contributed by atoms with Crippen molar-refractivity contribution in [3.63, 3.8) is 0 Å². The van der Waals surface area contributed by atoms with Gasteiger partial charge < -0.3 is 24.5 Å². The highest BCUT2D eigenvalue weighted by molar-refractivity contribution is 5.94. The van der Waals surface area contributed by atoms with Crippen molar-refractivity contribution in [1.29, 1.82) is 0 Å². The maximum absolute atomic E-state index is 12.5. The minimum Gasteiger partial charge on any atom is -0.497 e. The topological polar surface area (TPSA) is 89.7 Å². The van der Waals surface area contributed by atoms with Crippen molar-refractivity contribution in [3.8, 4) is 17.0 Å². The summed E-state index contributed by atoms with van der Waals surface area (Å²) in [6, 6.07) is 10.3. The number of benzene rings is 1. The Morgan fingerprint density at radius 1 is 1.19 bits per heavy atom. The van der Waals surface area contributed by atoms with E-state index < -0.39 is 11.5 Å². The number of amides is 1. The van der Waals surface area contributed by atoms with Crippen LogP contribution in [0.4, 0.5) is 0 Å². The average molecular weight is 358 g/mol. The van der Waals surface area contributed by atoms with Crippen LogP contribution >= 0.6 is 0 Å².